The molecule has 1 aliphatic rings. The Balaban J connectivity index is 2.10. The Hall–Kier alpha value is -1.95. The van der Waals surface area contributed by atoms with Gasteiger partial charge in [0, 0.05) is 39.2 Å². The monoisotopic (exact) mass is 275 g/mol. The van der Waals surface area contributed by atoms with Gasteiger partial charge in [-0.25, -0.2) is 4.79 Å². The Bertz CT molecular complexity index is 741. The molecule has 0 bridgehead atoms. The van der Waals surface area contributed by atoms with Crippen LogP contribution in [-0.2, 0) is 18.3 Å². The molecule has 20 heavy (non-hydrogen) atoms. The highest BCUT2D eigenvalue weighted by Gasteiger charge is 2.18. The highest BCUT2D eigenvalue weighted by molar-refractivity contribution is 5.76. The largest absolute Gasteiger partial charge is 0.381 e. The number of pyridine rings is 1. The lowest BCUT2D eigenvalue weighted by atomic mass is 10.0. The van der Waals surface area contributed by atoms with E-state index in [0.717, 1.165) is 12.8 Å². The van der Waals surface area contributed by atoms with Crippen LogP contribution in [0, 0.1) is 5.92 Å². The molecule has 106 valence electrons. The van der Waals surface area contributed by atoms with E-state index in [1.165, 1.54) is 15.3 Å². The molecular formula is C14H17N3O3. The second-order valence-electron chi connectivity index (χ2n) is 5.21. The molecule has 0 amide bonds. The molecular weight excluding hydrogens is 258 g/mol. The number of aryl methyl sites for hydroxylation is 1. The maximum absolute atomic E-state index is 12.5. The third kappa shape index (κ3) is 2.16. The van der Waals surface area contributed by atoms with E-state index in [1.807, 2.05) is 0 Å². The SMILES string of the molecule is Cn1c(=O)n(CC2CCOCC2)c(=O)c2cnccc21. The zero-order valence-corrected chi connectivity index (χ0v) is 11.4. The molecule has 2 aromatic rings. The summed E-state index contributed by atoms with van der Waals surface area (Å²) in [7, 11) is 1.69. The van der Waals surface area contributed by atoms with Gasteiger partial charge in [-0.1, -0.05) is 0 Å². The molecule has 6 heteroatoms. The Morgan fingerprint density at radius 3 is 2.85 bits per heavy atom. The third-order valence-corrected chi connectivity index (χ3v) is 3.93. The lowest BCUT2D eigenvalue weighted by Gasteiger charge is -2.22. The Kier molecular flexibility index (Phi) is 3.40. The number of hydrogen-bond donors (Lipinski definition) is 0. The zero-order valence-electron chi connectivity index (χ0n) is 11.4. The second kappa shape index (κ2) is 5.20. The quantitative estimate of drug-likeness (QED) is 0.801. The maximum atomic E-state index is 12.5. The summed E-state index contributed by atoms with van der Waals surface area (Å²) in [5, 5.41) is 0.488. The van der Waals surface area contributed by atoms with Crippen molar-refractivity contribution in [2.45, 2.75) is 19.4 Å². The van der Waals surface area contributed by atoms with Crippen molar-refractivity contribution in [1.29, 1.82) is 0 Å². The summed E-state index contributed by atoms with van der Waals surface area (Å²) in [4.78, 5) is 28.8. The average molecular weight is 275 g/mol. The minimum atomic E-state index is -0.264. The van der Waals surface area contributed by atoms with Crippen LogP contribution < -0.4 is 11.2 Å². The first-order valence-corrected chi connectivity index (χ1v) is 6.80. The molecule has 3 rings (SSSR count). The van der Waals surface area contributed by atoms with Gasteiger partial charge >= 0.3 is 5.69 Å². The molecule has 3 heterocycles. The Labute approximate surface area is 115 Å². The van der Waals surface area contributed by atoms with Crippen molar-refractivity contribution in [2.24, 2.45) is 13.0 Å². The topological polar surface area (TPSA) is 66.1 Å². The fourth-order valence-corrected chi connectivity index (χ4v) is 2.71. The van der Waals surface area contributed by atoms with Gasteiger partial charge in [-0.05, 0) is 24.8 Å². The summed E-state index contributed by atoms with van der Waals surface area (Å²) in [5.41, 5.74) is 0.112. The zero-order chi connectivity index (χ0) is 14.1. The fourth-order valence-electron chi connectivity index (χ4n) is 2.71. The highest BCUT2D eigenvalue weighted by atomic mass is 16.5. The molecule has 0 radical (unpaired) electrons. The van der Waals surface area contributed by atoms with Crippen molar-refractivity contribution in [2.75, 3.05) is 13.2 Å². The Morgan fingerprint density at radius 2 is 2.10 bits per heavy atom. The van der Waals surface area contributed by atoms with Gasteiger partial charge in [0.1, 0.15) is 0 Å². The average Bonchev–Trinajstić information content (AvgIpc) is 2.50. The summed E-state index contributed by atoms with van der Waals surface area (Å²) in [5.74, 6) is 0.322. The van der Waals surface area contributed by atoms with E-state index in [9.17, 15) is 9.59 Å². The first-order valence-electron chi connectivity index (χ1n) is 6.80. The first kappa shape index (κ1) is 13.1. The number of hydrogen-bond acceptors (Lipinski definition) is 4. The van der Waals surface area contributed by atoms with Crippen LogP contribution in [0.2, 0.25) is 0 Å². The maximum Gasteiger partial charge on any atom is 0.331 e. The van der Waals surface area contributed by atoms with Gasteiger partial charge in [-0.15, -0.1) is 0 Å². The second-order valence-corrected chi connectivity index (χ2v) is 5.21. The Morgan fingerprint density at radius 1 is 1.35 bits per heavy atom. The van der Waals surface area contributed by atoms with Gasteiger partial charge in [-0.2, -0.15) is 0 Å². The molecule has 0 N–H and O–H groups in total. The van der Waals surface area contributed by atoms with E-state index in [1.54, 1.807) is 19.3 Å². The molecule has 6 nitrogen and oxygen atoms in total. The number of aromatic nitrogens is 3. The van der Waals surface area contributed by atoms with Gasteiger partial charge in [0.2, 0.25) is 0 Å². The molecule has 0 saturated carbocycles. The molecule has 0 spiro atoms. The predicted octanol–water partition coefficient (Wildman–Crippen LogP) is 0.522. The van der Waals surface area contributed by atoms with Crippen LogP contribution in [-0.4, -0.2) is 27.3 Å². The van der Waals surface area contributed by atoms with E-state index in [-0.39, 0.29) is 11.2 Å². The smallest absolute Gasteiger partial charge is 0.331 e. The van der Waals surface area contributed by atoms with Gasteiger partial charge < -0.3 is 4.74 Å². The van der Waals surface area contributed by atoms with Crippen LogP contribution in [0.4, 0.5) is 0 Å². The summed E-state index contributed by atoms with van der Waals surface area (Å²) in [6.07, 6.45) is 4.89. The molecule has 1 saturated heterocycles. The van der Waals surface area contributed by atoms with Crippen molar-refractivity contribution in [3.63, 3.8) is 0 Å². The van der Waals surface area contributed by atoms with Gasteiger partial charge in [0.05, 0.1) is 10.9 Å². The molecule has 0 atom stereocenters. The van der Waals surface area contributed by atoms with Gasteiger partial charge in [0.25, 0.3) is 5.56 Å². The number of nitrogens with zero attached hydrogens (tertiary/aromatic N) is 3. The molecule has 1 fully saturated rings. The van der Waals surface area contributed by atoms with Crippen molar-refractivity contribution in [3.8, 4) is 0 Å². The van der Waals surface area contributed by atoms with Gasteiger partial charge in [-0.3, -0.25) is 18.9 Å². The van der Waals surface area contributed by atoms with E-state index in [0.29, 0.717) is 36.6 Å². The summed E-state index contributed by atoms with van der Waals surface area (Å²) in [6.45, 7) is 1.86. The number of fused-ring (bicyclic) bond motifs is 1. The van der Waals surface area contributed by atoms with E-state index >= 15 is 0 Å². The van der Waals surface area contributed by atoms with Crippen LogP contribution >= 0.6 is 0 Å². The van der Waals surface area contributed by atoms with Crippen LogP contribution in [0.3, 0.4) is 0 Å². The van der Waals surface area contributed by atoms with Crippen LogP contribution in [0.1, 0.15) is 12.8 Å². The lowest BCUT2D eigenvalue weighted by Crippen LogP contribution is -2.41. The van der Waals surface area contributed by atoms with E-state index in [2.05, 4.69) is 4.98 Å². The van der Waals surface area contributed by atoms with E-state index in [4.69, 9.17) is 4.74 Å². The molecule has 0 unspecified atom stereocenters. The summed E-state index contributed by atoms with van der Waals surface area (Å²) >= 11 is 0. The molecule has 0 aliphatic carbocycles. The minimum Gasteiger partial charge on any atom is -0.381 e. The molecule has 2 aromatic heterocycles. The highest BCUT2D eigenvalue weighted by Crippen LogP contribution is 2.15. The van der Waals surface area contributed by atoms with Crippen LogP contribution in [0.15, 0.2) is 28.0 Å². The number of ether oxygens (including phenoxy) is 1. The molecule has 0 aromatic carbocycles. The van der Waals surface area contributed by atoms with Crippen molar-refractivity contribution in [1.82, 2.24) is 14.1 Å². The van der Waals surface area contributed by atoms with Crippen LogP contribution in [0.5, 0.6) is 0 Å². The van der Waals surface area contributed by atoms with Crippen molar-refractivity contribution >= 4 is 10.9 Å². The van der Waals surface area contributed by atoms with Crippen molar-refractivity contribution in [3.05, 3.63) is 39.3 Å². The van der Waals surface area contributed by atoms with Gasteiger partial charge in [0.15, 0.2) is 0 Å². The lowest BCUT2D eigenvalue weighted by molar-refractivity contribution is 0.0605. The standard InChI is InChI=1S/C14H17N3O3/c1-16-12-2-5-15-8-11(12)13(18)17(14(16)19)9-10-3-6-20-7-4-10/h2,5,8,10H,3-4,6-7,9H2,1H3. The summed E-state index contributed by atoms with van der Waals surface area (Å²) in [6, 6.07) is 1.69. The first-order chi connectivity index (χ1) is 9.68. The summed E-state index contributed by atoms with van der Waals surface area (Å²) < 4.78 is 8.16. The third-order valence-electron chi connectivity index (χ3n) is 3.93. The van der Waals surface area contributed by atoms with E-state index < -0.39 is 0 Å². The molecule has 1 aliphatic heterocycles. The normalized spacial score (nSPS) is 16.6. The minimum absolute atomic E-state index is 0.248. The van der Waals surface area contributed by atoms with Crippen molar-refractivity contribution < 1.29 is 4.74 Å². The predicted molar refractivity (Wildman–Crippen MR) is 74.8 cm³/mol. The van der Waals surface area contributed by atoms with Crippen LogP contribution in [0.25, 0.3) is 10.9 Å². The number of rotatable bonds is 2. The fraction of sp³-hybridized carbons (Fsp3) is 0.500.